The predicted octanol–water partition coefficient (Wildman–Crippen LogP) is 6.22. The second kappa shape index (κ2) is 7.99. The molecule has 1 aliphatic carbocycles. The number of halogens is 2. The van der Waals surface area contributed by atoms with Crippen LogP contribution < -0.4 is 5.32 Å². The Morgan fingerprint density at radius 2 is 1.86 bits per heavy atom. The molecule has 0 amide bonds. The first-order valence-corrected chi connectivity index (χ1v) is 9.36. The zero-order valence-electron chi connectivity index (χ0n) is 13.3. The molecule has 1 aromatic carbocycles. The molecule has 1 N–H and O–H groups in total. The highest BCUT2D eigenvalue weighted by Crippen LogP contribution is 2.40. The number of nitrogens with one attached hydrogen (secondary N) is 1. The largest absolute Gasteiger partial charge is 0.310 e. The minimum absolute atomic E-state index is 0.421. The summed E-state index contributed by atoms with van der Waals surface area (Å²) in [5.41, 5.74) is 1.33. The maximum absolute atomic E-state index is 6.27. The molecule has 0 aromatic heterocycles. The van der Waals surface area contributed by atoms with E-state index in [0.717, 1.165) is 34.3 Å². The first kappa shape index (κ1) is 17.3. The van der Waals surface area contributed by atoms with Gasteiger partial charge in [0.1, 0.15) is 0 Å². The zero-order valence-corrected chi connectivity index (χ0v) is 15.7. The van der Waals surface area contributed by atoms with Crippen molar-refractivity contribution < 1.29 is 0 Å². The van der Waals surface area contributed by atoms with E-state index >= 15 is 0 Å². The van der Waals surface area contributed by atoms with Crippen molar-refractivity contribution in [3.05, 3.63) is 33.3 Å². The van der Waals surface area contributed by atoms with E-state index in [0.29, 0.717) is 12.0 Å². The fourth-order valence-corrected chi connectivity index (χ4v) is 4.78. The average molecular weight is 373 g/mol. The van der Waals surface area contributed by atoms with E-state index in [1.165, 1.54) is 24.8 Å². The molecule has 1 aliphatic rings. The third kappa shape index (κ3) is 4.97. The Hall–Kier alpha value is -0.0500. The van der Waals surface area contributed by atoms with Crippen LogP contribution in [0.3, 0.4) is 0 Å². The molecule has 0 saturated heterocycles. The van der Waals surface area contributed by atoms with Crippen molar-refractivity contribution in [1.29, 1.82) is 0 Å². The maximum Gasteiger partial charge on any atom is 0.0420 e. The highest BCUT2D eigenvalue weighted by atomic mass is 79.9. The highest BCUT2D eigenvalue weighted by Gasteiger charge is 2.30. The van der Waals surface area contributed by atoms with E-state index < -0.39 is 0 Å². The second-order valence-electron chi connectivity index (χ2n) is 6.81. The lowest BCUT2D eigenvalue weighted by Crippen LogP contribution is -2.33. The summed E-state index contributed by atoms with van der Waals surface area (Å²) in [6.07, 6.45) is 5.16. The van der Waals surface area contributed by atoms with Crippen LogP contribution in [0.4, 0.5) is 0 Å². The fourth-order valence-electron chi connectivity index (χ4n) is 3.89. The van der Waals surface area contributed by atoms with Crippen molar-refractivity contribution in [2.45, 2.75) is 52.5 Å². The molecule has 118 valence electrons. The van der Waals surface area contributed by atoms with Crippen LogP contribution >= 0.6 is 27.5 Å². The Morgan fingerprint density at radius 1 is 1.19 bits per heavy atom. The number of rotatable bonds is 5. The molecule has 0 spiro atoms. The molecule has 1 nitrogen and oxygen atoms in total. The molecule has 3 unspecified atom stereocenters. The quantitative estimate of drug-likeness (QED) is 0.647. The SMILES string of the molecule is CCCNC(c1cc(Cl)cc(Br)c1)C1CC(C)CC(C)C1. The number of hydrogen-bond acceptors (Lipinski definition) is 1. The summed E-state index contributed by atoms with van der Waals surface area (Å²) in [6, 6.07) is 6.74. The molecule has 1 saturated carbocycles. The Morgan fingerprint density at radius 3 is 2.43 bits per heavy atom. The molecular formula is C18H27BrClN. The zero-order chi connectivity index (χ0) is 15.4. The van der Waals surface area contributed by atoms with Crippen LogP contribution in [-0.4, -0.2) is 6.54 Å². The summed E-state index contributed by atoms with van der Waals surface area (Å²) in [6.45, 7) is 8.08. The van der Waals surface area contributed by atoms with Gasteiger partial charge in [0, 0.05) is 15.5 Å². The van der Waals surface area contributed by atoms with Crippen molar-refractivity contribution in [3.63, 3.8) is 0 Å². The van der Waals surface area contributed by atoms with Crippen molar-refractivity contribution in [3.8, 4) is 0 Å². The first-order valence-electron chi connectivity index (χ1n) is 8.19. The van der Waals surface area contributed by atoms with Gasteiger partial charge in [-0.15, -0.1) is 0 Å². The summed E-state index contributed by atoms with van der Waals surface area (Å²) in [7, 11) is 0. The lowest BCUT2D eigenvalue weighted by molar-refractivity contribution is 0.176. The van der Waals surface area contributed by atoms with E-state index in [1.807, 2.05) is 6.07 Å². The third-order valence-corrected chi connectivity index (χ3v) is 5.22. The van der Waals surface area contributed by atoms with Gasteiger partial charge < -0.3 is 5.32 Å². The van der Waals surface area contributed by atoms with Gasteiger partial charge in [-0.25, -0.2) is 0 Å². The molecule has 1 fully saturated rings. The minimum Gasteiger partial charge on any atom is -0.310 e. The molecule has 3 heteroatoms. The molecule has 0 heterocycles. The molecule has 0 bridgehead atoms. The van der Waals surface area contributed by atoms with Crippen LogP contribution in [0.1, 0.15) is 58.1 Å². The monoisotopic (exact) mass is 371 g/mol. The van der Waals surface area contributed by atoms with Crippen molar-refractivity contribution in [1.82, 2.24) is 5.32 Å². The van der Waals surface area contributed by atoms with Crippen LogP contribution in [0.15, 0.2) is 22.7 Å². The van der Waals surface area contributed by atoms with Gasteiger partial charge in [0.15, 0.2) is 0 Å². The Bertz CT molecular complexity index is 432. The summed E-state index contributed by atoms with van der Waals surface area (Å²) >= 11 is 9.85. The Balaban J connectivity index is 2.24. The van der Waals surface area contributed by atoms with Gasteiger partial charge in [0.05, 0.1) is 0 Å². The van der Waals surface area contributed by atoms with Gasteiger partial charge in [-0.1, -0.05) is 48.3 Å². The van der Waals surface area contributed by atoms with E-state index in [9.17, 15) is 0 Å². The van der Waals surface area contributed by atoms with E-state index in [1.54, 1.807) is 0 Å². The molecular weight excluding hydrogens is 346 g/mol. The normalized spacial score (nSPS) is 27.6. The smallest absolute Gasteiger partial charge is 0.0420 e. The summed E-state index contributed by atoms with van der Waals surface area (Å²) in [5, 5.41) is 4.59. The summed E-state index contributed by atoms with van der Waals surface area (Å²) in [4.78, 5) is 0. The molecule has 21 heavy (non-hydrogen) atoms. The third-order valence-electron chi connectivity index (χ3n) is 4.54. The van der Waals surface area contributed by atoms with Crippen LogP contribution in [0.2, 0.25) is 5.02 Å². The summed E-state index contributed by atoms with van der Waals surface area (Å²) in [5.74, 6) is 2.36. The topological polar surface area (TPSA) is 12.0 Å². The second-order valence-corrected chi connectivity index (χ2v) is 8.16. The van der Waals surface area contributed by atoms with Crippen LogP contribution in [0.5, 0.6) is 0 Å². The van der Waals surface area contributed by atoms with E-state index in [2.05, 4.69) is 54.2 Å². The van der Waals surface area contributed by atoms with Crippen LogP contribution in [0, 0.1) is 17.8 Å². The maximum atomic E-state index is 6.27. The van der Waals surface area contributed by atoms with Gasteiger partial charge in [0.25, 0.3) is 0 Å². The molecule has 0 radical (unpaired) electrons. The number of benzene rings is 1. The van der Waals surface area contributed by atoms with Crippen LogP contribution in [0.25, 0.3) is 0 Å². The molecule has 2 rings (SSSR count). The highest BCUT2D eigenvalue weighted by molar-refractivity contribution is 9.10. The fraction of sp³-hybridized carbons (Fsp3) is 0.667. The van der Waals surface area contributed by atoms with E-state index in [4.69, 9.17) is 11.6 Å². The first-order chi connectivity index (χ1) is 9.99. The predicted molar refractivity (Wildman–Crippen MR) is 95.9 cm³/mol. The Kier molecular flexibility index (Phi) is 6.58. The molecule has 1 aromatic rings. The number of hydrogen-bond donors (Lipinski definition) is 1. The van der Waals surface area contributed by atoms with E-state index in [-0.39, 0.29) is 0 Å². The molecule has 0 aliphatic heterocycles. The van der Waals surface area contributed by atoms with Crippen molar-refractivity contribution >= 4 is 27.5 Å². The van der Waals surface area contributed by atoms with Crippen molar-refractivity contribution in [2.75, 3.05) is 6.54 Å². The standard InChI is InChI=1S/C18H27BrClN/c1-4-5-21-18(14-7-12(2)6-13(3)8-14)15-9-16(19)11-17(20)10-15/h9-14,18,21H,4-8H2,1-3H3. The van der Waals surface area contributed by atoms with Gasteiger partial charge in [-0.2, -0.15) is 0 Å². The Labute approximate surface area is 143 Å². The molecule has 3 atom stereocenters. The van der Waals surface area contributed by atoms with Gasteiger partial charge in [-0.05, 0) is 73.7 Å². The summed E-state index contributed by atoms with van der Waals surface area (Å²) < 4.78 is 1.07. The van der Waals surface area contributed by atoms with Gasteiger partial charge in [0.2, 0.25) is 0 Å². The average Bonchev–Trinajstić information content (AvgIpc) is 2.37. The van der Waals surface area contributed by atoms with Crippen molar-refractivity contribution in [2.24, 2.45) is 17.8 Å². The van der Waals surface area contributed by atoms with Crippen LogP contribution in [-0.2, 0) is 0 Å². The van der Waals surface area contributed by atoms with Gasteiger partial charge in [-0.3, -0.25) is 0 Å². The lowest BCUT2D eigenvalue weighted by atomic mass is 9.72. The lowest BCUT2D eigenvalue weighted by Gasteiger charge is -2.37. The minimum atomic E-state index is 0.421. The van der Waals surface area contributed by atoms with Gasteiger partial charge >= 0.3 is 0 Å².